The fourth-order valence-electron chi connectivity index (χ4n) is 3.01. The average molecular weight is 285 g/mol. The van der Waals surface area contributed by atoms with Gasteiger partial charge in [0.15, 0.2) is 5.15 Å². The Morgan fingerprint density at radius 3 is 2.79 bits per heavy atom. The number of ether oxygens (including phenoxy) is 1. The van der Waals surface area contributed by atoms with Gasteiger partial charge in [0.2, 0.25) is 0 Å². The van der Waals surface area contributed by atoms with Crippen LogP contribution in [-0.2, 0) is 22.5 Å². The van der Waals surface area contributed by atoms with E-state index in [1.165, 1.54) is 0 Å². The van der Waals surface area contributed by atoms with Gasteiger partial charge in [0.1, 0.15) is 5.82 Å². The van der Waals surface area contributed by atoms with Crippen LogP contribution in [0.2, 0.25) is 5.15 Å². The van der Waals surface area contributed by atoms with E-state index in [0.29, 0.717) is 30.5 Å². The van der Waals surface area contributed by atoms with E-state index >= 15 is 0 Å². The van der Waals surface area contributed by atoms with Gasteiger partial charge < -0.3 is 14.4 Å². The van der Waals surface area contributed by atoms with Crippen LogP contribution in [0.5, 0.6) is 0 Å². The van der Waals surface area contributed by atoms with Gasteiger partial charge in [-0.3, -0.25) is 4.79 Å². The standard InChI is InChI=1S/C13H17ClN2O3/c14-11-10-2-1-9(13(17)18)7-16(10)12(15-11)8-3-5-19-6-4-8/h8-9H,1-7H2,(H,17,18). The van der Waals surface area contributed by atoms with Gasteiger partial charge in [0, 0.05) is 25.7 Å². The summed E-state index contributed by atoms with van der Waals surface area (Å²) in [6.45, 7) is 1.98. The molecule has 0 aromatic carbocycles. The van der Waals surface area contributed by atoms with Crippen molar-refractivity contribution >= 4 is 17.6 Å². The molecule has 0 bridgehead atoms. The number of imidazole rings is 1. The summed E-state index contributed by atoms with van der Waals surface area (Å²) in [5, 5.41) is 9.73. The third-order valence-corrected chi connectivity index (χ3v) is 4.42. The van der Waals surface area contributed by atoms with Crippen molar-refractivity contribution in [3.05, 3.63) is 16.7 Å². The lowest BCUT2D eigenvalue weighted by molar-refractivity contribution is -0.142. The first-order valence-electron chi connectivity index (χ1n) is 6.72. The van der Waals surface area contributed by atoms with E-state index in [0.717, 1.165) is 37.6 Å². The number of aromatic nitrogens is 2. The number of carboxylic acid groups (broad SMARTS) is 1. The molecular formula is C13H17ClN2O3. The molecule has 1 aromatic heterocycles. The SMILES string of the molecule is O=C(O)C1CCc2c(Cl)nc(C3CCOCC3)n2C1. The summed E-state index contributed by atoms with van der Waals surface area (Å²) in [5.74, 6) is 0.242. The van der Waals surface area contributed by atoms with Crippen molar-refractivity contribution < 1.29 is 14.6 Å². The Kier molecular flexibility index (Phi) is 3.50. The van der Waals surface area contributed by atoms with Crippen molar-refractivity contribution in [1.82, 2.24) is 9.55 Å². The number of hydrogen-bond acceptors (Lipinski definition) is 3. The molecule has 1 unspecified atom stereocenters. The Labute approximate surface area is 116 Å². The summed E-state index contributed by atoms with van der Waals surface area (Å²) in [4.78, 5) is 15.7. The van der Waals surface area contributed by atoms with Crippen LogP contribution in [0.25, 0.3) is 0 Å². The third kappa shape index (κ3) is 2.37. The van der Waals surface area contributed by atoms with Crippen LogP contribution in [0, 0.1) is 5.92 Å². The number of hydrogen-bond donors (Lipinski definition) is 1. The minimum absolute atomic E-state index is 0.323. The van der Waals surface area contributed by atoms with Gasteiger partial charge in [-0.05, 0) is 25.7 Å². The second-order valence-electron chi connectivity index (χ2n) is 5.28. The second-order valence-corrected chi connectivity index (χ2v) is 5.64. The summed E-state index contributed by atoms with van der Waals surface area (Å²) in [6, 6.07) is 0. The monoisotopic (exact) mass is 284 g/mol. The van der Waals surface area contributed by atoms with Gasteiger partial charge in [0.25, 0.3) is 0 Å². The number of carboxylic acids is 1. The molecule has 0 aliphatic carbocycles. The molecule has 1 N–H and O–H groups in total. The number of carbonyl (C=O) groups is 1. The molecule has 0 saturated carbocycles. The Balaban J connectivity index is 1.91. The van der Waals surface area contributed by atoms with Crippen LogP contribution in [0.4, 0.5) is 0 Å². The van der Waals surface area contributed by atoms with Crippen LogP contribution in [0.1, 0.15) is 36.7 Å². The van der Waals surface area contributed by atoms with Crippen molar-refractivity contribution in [2.24, 2.45) is 5.92 Å². The number of nitrogens with zero attached hydrogens (tertiary/aromatic N) is 2. The van der Waals surface area contributed by atoms with Crippen molar-refractivity contribution in [3.63, 3.8) is 0 Å². The van der Waals surface area contributed by atoms with E-state index in [2.05, 4.69) is 4.98 Å². The fraction of sp³-hybridized carbons (Fsp3) is 0.692. The fourth-order valence-corrected chi connectivity index (χ4v) is 3.29. The van der Waals surface area contributed by atoms with Gasteiger partial charge in [-0.25, -0.2) is 4.98 Å². The maximum atomic E-state index is 11.2. The minimum atomic E-state index is -0.728. The molecule has 19 heavy (non-hydrogen) atoms. The first-order valence-corrected chi connectivity index (χ1v) is 7.10. The first-order chi connectivity index (χ1) is 9.16. The zero-order chi connectivity index (χ0) is 13.4. The van der Waals surface area contributed by atoms with E-state index in [-0.39, 0.29) is 5.92 Å². The Bertz CT molecular complexity index is 494. The van der Waals surface area contributed by atoms with Crippen molar-refractivity contribution in [3.8, 4) is 0 Å². The number of rotatable bonds is 2. The van der Waals surface area contributed by atoms with Gasteiger partial charge >= 0.3 is 5.97 Å². The van der Waals surface area contributed by atoms with Gasteiger partial charge in [-0.2, -0.15) is 0 Å². The van der Waals surface area contributed by atoms with E-state index in [1.807, 2.05) is 4.57 Å². The average Bonchev–Trinajstić information content (AvgIpc) is 2.77. The lowest BCUT2D eigenvalue weighted by Gasteiger charge is -2.27. The largest absolute Gasteiger partial charge is 0.481 e. The minimum Gasteiger partial charge on any atom is -0.481 e. The van der Waals surface area contributed by atoms with E-state index < -0.39 is 5.97 Å². The van der Waals surface area contributed by atoms with Crippen LogP contribution in [-0.4, -0.2) is 33.8 Å². The smallest absolute Gasteiger partial charge is 0.308 e. The Morgan fingerprint density at radius 2 is 2.11 bits per heavy atom. The maximum Gasteiger partial charge on any atom is 0.308 e. The van der Waals surface area contributed by atoms with Crippen molar-refractivity contribution in [1.29, 1.82) is 0 Å². The summed E-state index contributed by atoms with van der Waals surface area (Å²) >= 11 is 6.20. The van der Waals surface area contributed by atoms with Gasteiger partial charge in [0.05, 0.1) is 11.6 Å². The number of fused-ring (bicyclic) bond motifs is 1. The highest BCUT2D eigenvalue weighted by Crippen LogP contribution is 2.34. The Hall–Kier alpha value is -1.07. The van der Waals surface area contributed by atoms with Crippen LogP contribution >= 0.6 is 11.6 Å². The molecule has 5 nitrogen and oxygen atoms in total. The molecule has 0 amide bonds. The molecule has 104 valence electrons. The van der Waals surface area contributed by atoms with Gasteiger partial charge in [-0.1, -0.05) is 11.6 Å². The first kappa shape index (κ1) is 12.9. The Morgan fingerprint density at radius 1 is 1.37 bits per heavy atom. The quantitative estimate of drug-likeness (QED) is 0.903. The normalized spacial score (nSPS) is 24.2. The zero-order valence-corrected chi connectivity index (χ0v) is 11.4. The molecule has 1 aromatic rings. The van der Waals surface area contributed by atoms with E-state index in [4.69, 9.17) is 16.3 Å². The topological polar surface area (TPSA) is 64.3 Å². The van der Waals surface area contributed by atoms with Crippen molar-refractivity contribution in [2.45, 2.75) is 38.1 Å². The number of aliphatic carboxylic acids is 1. The van der Waals surface area contributed by atoms with Gasteiger partial charge in [-0.15, -0.1) is 0 Å². The zero-order valence-electron chi connectivity index (χ0n) is 10.6. The summed E-state index contributed by atoms with van der Waals surface area (Å²) in [6.07, 6.45) is 3.22. The molecule has 6 heteroatoms. The predicted molar refractivity (Wildman–Crippen MR) is 69.5 cm³/mol. The molecule has 2 aliphatic rings. The van der Waals surface area contributed by atoms with Crippen molar-refractivity contribution in [2.75, 3.05) is 13.2 Å². The molecule has 0 spiro atoms. The highest BCUT2D eigenvalue weighted by molar-refractivity contribution is 6.30. The van der Waals surface area contributed by atoms with Crippen LogP contribution < -0.4 is 0 Å². The second kappa shape index (κ2) is 5.13. The van der Waals surface area contributed by atoms with Crippen LogP contribution in [0.15, 0.2) is 0 Å². The molecule has 1 saturated heterocycles. The van der Waals surface area contributed by atoms with E-state index in [1.54, 1.807) is 0 Å². The van der Waals surface area contributed by atoms with E-state index in [9.17, 15) is 9.90 Å². The maximum absolute atomic E-state index is 11.2. The molecular weight excluding hydrogens is 268 g/mol. The summed E-state index contributed by atoms with van der Waals surface area (Å²) in [5.41, 5.74) is 1.00. The highest BCUT2D eigenvalue weighted by atomic mass is 35.5. The lowest BCUT2D eigenvalue weighted by atomic mass is 9.96. The summed E-state index contributed by atoms with van der Waals surface area (Å²) in [7, 11) is 0. The third-order valence-electron chi connectivity index (χ3n) is 4.12. The number of halogens is 1. The lowest BCUT2D eigenvalue weighted by Crippen LogP contribution is -2.29. The highest BCUT2D eigenvalue weighted by Gasteiger charge is 2.31. The molecule has 0 radical (unpaired) electrons. The molecule has 1 atom stereocenters. The predicted octanol–water partition coefficient (Wildman–Crippen LogP) is 2.08. The molecule has 3 rings (SSSR count). The summed E-state index contributed by atoms with van der Waals surface area (Å²) < 4.78 is 7.41. The molecule has 2 aliphatic heterocycles. The molecule has 1 fully saturated rings. The molecule has 3 heterocycles. The van der Waals surface area contributed by atoms with Crippen LogP contribution in [0.3, 0.4) is 0 Å².